The summed E-state index contributed by atoms with van der Waals surface area (Å²) in [4.78, 5) is 40.0. The highest BCUT2D eigenvalue weighted by atomic mass is 16.4. The van der Waals surface area contributed by atoms with E-state index in [-0.39, 0.29) is 17.9 Å². The first kappa shape index (κ1) is 19.7. The van der Waals surface area contributed by atoms with Crippen molar-refractivity contribution in [3.63, 3.8) is 0 Å². The quantitative estimate of drug-likeness (QED) is 0.659. The fraction of sp³-hybridized carbons (Fsp3) is 0.556. The smallest absolute Gasteiger partial charge is 0.326 e. The second kappa shape index (κ2) is 8.16. The van der Waals surface area contributed by atoms with Crippen molar-refractivity contribution in [3.8, 4) is 0 Å². The molecule has 0 fully saturated rings. The minimum atomic E-state index is -1.02. The van der Waals surface area contributed by atoms with E-state index in [0.717, 1.165) is 29.7 Å². The van der Waals surface area contributed by atoms with Crippen molar-refractivity contribution < 1.29 is 14.7 Å². The van der Waals surface area contributed by atoms with Gasteiger partial charge in [-0.3, -0.25) is 19.4 Å². The molecule has 1 atom stereocenters. The Balaban J connectivity index is 2.14. The zero-order valence-corrected chi connectivity index (χ0v) is 15.7. The minimum Gasteiger partial charge on any atom is -0.480 e. The largest absolute Gasteiger partial charge is 0.480 e. The fourth-order valence-electron chi connectivity index (χ4n) is 3.19. The summed E-state index contributed by atoms with van der Waals surface area (Å²) < 4.78 is 1.58. The third kappa shape index (κ3) is 4.12. The Morgan fingerprint density at radius 2 is 2.04 bits per heavy atom. The zero-order chi connectivity index (χ0) is 19.4. The van der Waals surface area contributed by atoms with Crippen LogP contribution in [0.2, 0.25) is 0 Å². The van der Waals surface area contributed by atoms with Gasteiger partial charge in [-0.25, -0.2) is 9.78 Å². The van der Waals surface area contributed by atoms with Crippen LogP contribution in [0.15, 0.2) is 4.79 Å². The Kier molecular flexibility index (Phi) is 6.18. The van der Waals surface area contributed by atoms with Gasteiger partial charge in [-0.15, -0.1) is 0 Å². The summed E-state index contributed by atoms with van der Waals surface area (Å²) in [5.41, 5.74) is 2.80. The van der Waals surface area contributed by atoms with Crippen LogP contribution in [0.25, 0.3) is 11.0 Å². The first-order valence-electron chi connectivity index (χ1n) is 8.83. The van der Waals surface area contributed by atoms with Gasteiger partial charge in [0.2, 0.25) is 5.91 Å². The van der Waals surface area contributed by atoms with Crippen molar-refractivity contribution >= 4 is 22.9 Å². The van der Waals surface area contributed by atoms with Gasteiger partial charge in [0.25, 0.3) is 5.56 Å². The lowest BCUT2D eigenvalue weighted by Gasteiger charge is -2.15. The number of hydrogen-bond donors (Lipinski definition) is 3. The van der Waals surface area contributed by atoms with Gasteiger partial charge in [-0.2, -0.15) is 0 Å². The molecule has 0 saturated carbocycles. The number of pyridine rings is 1. The number of aryl methyl sites for hydroxylation is 3. The average molecular weight is 362 g/mol. The van der Waals surface area contributed by atoms with E-state index in [1.807, 2.05) is 20.8 Å². The molecule has 2 aromatic rings. The number of hydrogen-bond acceptors (Lipinski definition) is 4. The first-order chi connectivity index (χ1) is 12.3. The molecule has 2 aromatic heterocycles. The topological polar surface area (TPSA) is 117 Å². The van der Waals surface area contributed by atoms with E-state index in [4.69, 9.17) is 0 Å². The van der Waals surface area contributed by atoms with Crippen molar-refractivity contribution in [1.82, 2.24) is 20.1 Å². The predicted octanol–water partition coefficient (Wildman–Crippen LogP) is 1.57. The molecule has 8 nitrogen and oxygen atoms in total. The van der Waals surface area contributed by atoms with Gasteiger partial charge < -0.3 is 10.4 Å². The molecule has 0 aliphatic heterocycles. The number of H-pyrrole nitrogens is 1. The standard InChI is InChI=1S/C18H26N4O4/c1-5-6-7-13(18(25)26)20-14(23)9-8-12-10(2)15-16(19-11(12)3)22(4)21-17(15)24/h13H,5-9H2,1-4H3,(H,20,23)(H,21,24)(H,25,26). The summed E-state index contributed by atoms with van der Waals surface area (Å²) in [5, 5.41) is 15.0. The van der Waals surface area contributed by atoms with E-state index in [1.165, 1.54) is 0 Å². The first-order valence-corrected chi connectivity index (χ1v) is 8.83. The van der Waals surface area contributed by atoms with Crippen LogP contribution in [-0.4, -0.2) is 37.8 Å². The molecular formula is C18H26N4O4. The number of rotatable bonds is 8. The summed E-state index contributed by atoms with van der Waals surface area (Å²) in [6.07, 6.45) is 2.58. The van der Waals surface area contributed by atoms with Crippen LogP contribution >= 0.6 is 0 Å². The molecule has 0 aliphatic carbocycles. The molecule has 3 N–H and O–H groups in total. The molecular weight excluding hydrogens is 336 g/mol. The molecule has 0 bridgehead atoms. The van der Waals surface area contributed by atoms with Gasteiger partial charge in [0.1, 0.15) is 6.04 Å². The number of carboxylic acid groups (broad SMARTS) is 1. The van der Waals surface area contributed by atoms with E-state index in [2.05, 4.69) is 15.4 Å². The van der Waals surface area contributed by atoms with Crippen LogP contribution in [-0.2, 0) is 23.1 Å². The van der Waals surface area contributed by atoms with Gasteiger partial charge in [-0.05, 0) is 37.8 Å². The number of carboxylic acids is 1. The maximum Gasteiger partial charge on any atom is 0.326 e. The second-order valence-corrected chi connectivity index (χ2v) is 6.60. The number of carbonyl (C=O) groups excluding carboxylic acids is 1. The Hall–Kier alpha value is -2.64. The molecule has 2 heterocycles. The molecule has 142 valence electrons. The van der Waals surface area contributed by atoms with Crippen LogP contribution in [0.1, 0.15) is 49.4 Å². The lowest BCUT2D eigenvalue weighted by Crippen LogP contribution is -2.40. The maximum atomic E-state index is 12.2. The number of nitrogens with one attached hydrogen (secondary N) is 2. The van der Waals surface area contributed by atoms with Crippen molar-refractivity contribution in [2.24, 2.45) is 7.05 Å². The Bertz CT molecular complexity index is 881. The zero-order valence-electron chi connectivity index (χ0n) is 15.7. The molecule has 0 aromatic carbocycles. The fourth-order valence-corrected chi connectivity index (χ4v) is 3.19. The average Bonchev–Trinajstić information content (AvgIpc) is 2.84. The van der Waals surface area contributed by atoms with Gasteiger partial charge in [0.15, 0.2) is 5.65 Å². The summed E-state index contributed by atoms with van der Waals surface area (Å²) in [7, 11) is 1.73. The van der Waals surface area contributed by atoms with Crippen LogP contribution < -0.4 is 10.9 Å². The van der Waals surface area contributed by atoms with E-state index >= 15 is 0 Å². The number of aromatic amines is 1. The van der Waals surface area contributed by atoms with Crippen molar-refractivity contribution in [2.45, 2.75) is 58.9 Å². The summed E-state index contributed by atoms with van der Waals surface area (Å²) >= 11 is 0. The van der Waals surface area contributed by atoms with Gasteiger partial charge >= 0.3 is 5.97 Å². The minimum absolute atomic E-state index is 0.148. The van der Waals surface area contributed by atoms with Crippen LogP contribution in [0.3, 0.4) is 0 Å². The molecule has 0 aliphatic rings. The van der Waals surface area contributed by atoms with Gasteiger partial charge in [-0.1, -0.05) is 19.8 Å². The second-order valence-electron chi connectivity index (χ2n) is 6.60. The van der Waals surface area contributed by atoms with E-state index in [0.29, 0.717) is 23.9 Å². The third-order valence-corrected chi connectivity index (χ3v) is 4.66. The van der Waals surface area contributed by atoms with Crippen molar-refractivity contribution in [3.05, 3.63) is 27.2 Å². The van der Waals surface area contributed by atoms with E-state index < -0.39 is 12.0 Å². The lowest BCUT2D eigenvalue weighted by molar-refractivity contribution is -0.142. The van der Waals surface area contributed by atoms with Gasteiger partial charge in [0, 0.05) is 19.2 Å². The molecule has 1 amide bonds. The van der Waals surface area contributed by atoms with Crippen LogP contribution in [0, 0.1) is 13.8 Å². The number of aromatic nitrogens is 3. The van der Waals surface area contributed by atoms with Crippen molar-refractivity contribution in [2.75, 3.05) is 0 Å². The summed E-state index contributed by atoms with van der Waals surface area (Å²) in [6, 6.07) is -0.859. The SMILES string of the molecule is CCCCC(NC(=O)CCc1c(C)nc2c(c1C)c(=O)[nH]n2C)C(=O)O. The molecule has 8 heteroatoms. The monoisotopic (exact) mass is 362 g/mol. The van der Waals surface area contributed by atoms with Crippen LogP contribution in [0.4, 0.5) is 0 Å². The number of carbonyl (C=O) groups is 2. The molecule has 26 heavy (non-hydrogen) atoms. The Morgan fingerprint density at radius 3 is 2.65 bits per heavy atom. The number of amides is 1. The van der Waals surface area contributed by atoms with Gasteiger partial charge in [0.05, 0.1) is 5.39 Å². The highest BCUT2D eigenvalue weighted by Crippen LogP contribution is 2.21. The van der Waals surface area contributed by atoms with E-state index in [9.17, 15) is 19.5 Å². The molecule has 2 rings (SSSR count). The third-order valence-electron chi connectivity index (χ3n) is 4.66. The molecule has 0 radical (unpaired) electrons. The predicted molar refractivity (Wildman–Crippen MR) is 98.2 cm³/mol. The molecule has 0 spiro atoms. The molecule has 0 saturated heterocycles. The number of fused-ring (bicyclic) bond motifs is 1. The summed E-state index contributed by atoms with van der Waals surface area (Å²) in [5.74, 6) is -1.33. The van der Waals surface area contributed by atoms with Crippen molar-refractivity contribution in [1.29, 1.82) is 0 Å². The number of unbranched alkanes of at least 4 members (excludes halogenated alkanes) is 1. The summed E-state index contributed by atoms with van der Waals surface area (Å²) in [6.45, 7) is 5.67. The Labute approximate surface area is 151 Å². The number of aliphatic carboxylic acids is 1. The maximum absolute atomic E-state index is 12.2. The highest BCUT2D eigenvalue weighted by Gasteiger charge is 2.20. The normalized spacial score (nSPS) is 12.3. The molecule has 1 unspecified atom stereocenters. The highest BCUT2D eigenvalue weighted by molar-refractivity contribution is 5.84. The van der Waals surface area contributed by atoms with Crippen LogP contribution in [0.5, 0.6) is 0 Å². The lowest BCUT2D eigenvalue weighted by atomic mass is 10.00. The Morgan fingerprint density at radius 1 is 1.35 bits per heavy atom. The number of nitrogens with zero attached hydrogens (tertiary/aromatic N) is 2. The van der Waals surface area contributed by atoms with E-state index in [1.54, 1.807) is 11.7 Å².